The molecule has 3 unspecified atom stereocenters. The Morgan fingerprint density at radius 3 is 2.30 bits per heavy atom. The van der Waals surface area contributed by atoms with E-state index in [1.807, 2.05) is 36.4 Å². The fourth-order valence-electron chi connectivity index (χ4n) is 7.80. The molecule has 5 nitrogen and oxygen atoms in total. The summed E-state index contributed by atoms with van der Waals surface area (Å²) in [6.45, 7) is 15.6. The van der Waals surface area contributed by atoms with E-state index in [9.17, 15) is 14.7 Å². The number of nitrogens with one attached hydrogen (secondary N) is 1. The normalized spacial score (nSPS) is 25.8. The lowest BCUT2D eigenvalue weighted by Crippen LogP contribution is -2.58. The molecule has 2 fully saturated rings. The SMILES string of the molecule is C=C/C=C(\C)C1(C(NC(=O)OCc2ccccc2)C2CCCCC(C(=O)O)C2)CC(C)(C)CC(C)(C)C1. The van der Waals surface area contributed by atoms with Crippen molar-refractivity contribution in [1.82, 2.24) is 5.32 Å². The van der Waals surface area contributed by atoms with Gasteiger partial charge in [0.2, 0.25) is 0 Å². The summed E-state index contributed by atoms with van der Waals surface area (Å²) in [6.07, 6.45) is 10.5. The summed E-state index contributed by atoms with van der Waals surface area (Å²) in [7, 11) is 0. The Morgan fingerprint density at radius 2 is 1.70 bits per heavy atom. The number of benzene rings is 1. The number of hydrogen-bond donors (Lipinski definition) is 2. The minimum Gasteiger partial charge on any atom is -0.481 e. The maximum absolute atomic E-state index is 13.4. The molecule has 3 rings (SSSR count). The van der Waals surface area contributed by atoms with Crippen LogP contribution in [0, 0.1) is 28.1 Å². The Morgan fingerprint density at radius 1 is 1.08 bits per heavy atom. The van der Waals surface area contributed by atoms with Crippen molar-refractivity contribution in [2.24, 2.45) is 28.1 Å². The van der Waals surface area contributed by atoms with E-state index in [0.717, 1.165) is 44.1 Å². The summed E-state index contributed by atoms with van der Waals surface area (Å²) in [4.78, 5) is 25.5. The van der Waals surface area contributed by atoms with Gasteiger partial charge in [0.1, 0.15) is 6.61 Å². The summed E-state index contributed by atoms with van der Waals surface area (Å²) >= 11 is 0. The molecule has 5 heteroatoms. The molecular formula is C32H47NO4. The minimum absolute atomic E-state index is 0.0470. The van der Waals surface area contributed by atoms with Crippen molar-refractivity contribution in [2.75, 3.05) is 0 Å². The third-order valence-electron chi connectivity index (χ3n) is 8.57. The zero-order valence-electron chi connectivity index (χ0n) is 23.5. The first-order chi connectivity index (χ1) is 17.4. The number of allylic oxidation sites excluding steroid dienone is 2. The van der Waals surface area contributed by atoms with Crippen LogP contribution >= 0.6 is 0 Å². The van der Waals surface area contributed by atoms with Gasteiger partial charge in [-0.2, -0.15) is 0 Å². The van der Waals surface area contributed by atoms with Gasteiger partial charge in [-0.1, -0.05) is 95.2 Å². The summed E-state index contributed by atoms with van der Waals surface area (Å²) in [5.41, 5.74) is 1.93. The van der Waals surface area contributed by atoms with Gasteiger partial charge in [-0.05, 0) is 67.8 Å². The van der Waals surface area contributed by atoms with Crippen LogP contribution in [-0.2, 0) is 16.1 Å². The van der Waals surface area contributed by atoms with E-state index in [0.29, 0.717) is 12.8 Å². The van der Waals surface area contributed by atoms with Crippen molar-refractivity contribution in [1.29, 1.82) is 0 Å². The first-order valence-corrected chi connectivity index (χ1v) is 13.9. The summed E-state index contributed by atoms with van der Waals surface area (Å²) in [5.74, 6) is -1.07. The van der Waals surface area contributed by atoms with E-state index in [4.69, 9.17) is 4.74 Å². The molecule has 1 amide bonds. The van der Waals surface area contributed by atoms with E-state index in [2.05, 4.69) is 52.6 Å². The van der Waals surface area contributed by atoms with E-state index in [1.54, 1.807) is 0 Å². The zero-order chi connectivity index (χ0) is 27.3. The van der Waals surface area contributed by atoms with Crippen molar-refractivity contribution in [3.63, 3.8) is 0 Å². The second kappa shape index (κ2) is 11.9. The highest BCUT2D eigenvalue weighted by molar-refractivity contribution is 5.70. The summed E-state index contributed by atoms with van der Waals surface area (Å²) < 4.78 is 5.73. The highest BCUT2D eigenvalue weighted by Gasteiger charge is 2.54. The number of hydrogen-bond acceptors (Lipinski definition) is 3. The van der Waals surface area contributed by atoms with Crippen LogP contribution in [0.15, 0.2) is 54.6 Å². The first kappa shape index (κ1) is 29.0. The molecule has 37 heavy (non-hydrogen) atoms. The standard InChI is InChI=1S/C32H47NO4/c1-7-13-23(2)32(21-30(3,4)20-31(5,6)22-32)27(25-16-11-12-17-26(18-25)28(34)35)33-29(36)37-19-24-14-9-8-10-15-24/h7-10,13-15,25-27H,1,11-12,16-22H2,2-6H3,(H,33,36)(H,34,35)/b23-13+. The highest BCUT2D eigenvalue weighted by Crippen LogP contribution is 2.60. The fourth-order valence-corrected chi connectivity index (χ4v) is 7.80. The van der Waals surface area contributed by atoms with E-state index < -0.39 is 12.1 Å². The number of aliphatic carboxylic acids is 1. The molecule has 0 radical (unpaired) electrons. The summed E-state index contributed by atoms with van der Waals surface area (Å²) in [5, 5.41) is 13.3. The minimum atomic E-state index is -0.728. The molecule has 2 aliphatic carbocycles. The predicted molar refractivity (Wildman–Crippen MR) is 149 cm³/mol. The average Bonchev–Trinajstić information content (AvgIpc) is 3.06. The van der Waals surface area contributed by atoms with Crippen LogP contribution in [0.4, 0.5) is 4.79 Å². The van der Waals surface area contributed by atoms with E-state index in [1.165, 1.54) is 5.57 Å². The van der Waals surface area contributed by atoms with Crippen molar-refractivity contribution >= 4 is 12.1 Å². The Kier molecular flexibility index (Phi) is 9.31. The molecule has 204 valence electrons. The number of carboxylic acids is 1. The van der Waals surface area contributed by atoms with Gasteiger partial charge >= 0.3 is 12.1 Å². The molecule has 1 aromatic carbocycles. The molecule has 0 spiro atoms. The second-order valence-corrected chi connectivity index (χ2v) is 13.1. The molecular weight excluding hydrogens is 462 g/mol. The quantitative estimate of drug-likeness (QED) is 0.276. The number of amides is 1. The fraction of sp³-hybridized carbons (Fsp3) is 0.625. The number of rotatable bonds is 8. The third kappa shape index (κ3) is 7.49. The molecule has 0 saturated heterocycles. The average molecular weight is 510 g/mol. The van der Waals surface area contributed by atoms with Gasteiger partial charge in [0.15, 0.2) is 0 Å². The van der Waals surface area contributed by atoms with Crippen LogP contribution < -0.4 is 5.32 Å². The molecule has 0 heterocycles. The van der Waals surface area contributed by atoms with Crippen LogP contribution in [0.5, 0.6) is 0 Å². The van der Waals surface area contributed by atoms with Gasteiger partial charge in [0.05, 0.1) is 5.92 Å². The number of alkyl carbamates (subject to hydrolysis) is 1. The van der Waals surface area contributed by atoms with E-state index in [-0.39, 0.29) is 40.7 Å². The van der Waals surface area contributed by atoms with Gasteiger partial charge in [-0.25, -0.2) is 4.79 Å². The molecule has 1 aromatic rings. The lowest BCUT2D eigenvalue weighted by molar-refractivity contribution is -0.142. The lowest BCUT2D eigenvalue weighted by Gasteiger charge is -2.57. The van der Waals surface area contributed by atoms with Gasteiger partial charge in [-0.15, -0.1) is 0 Å². The first-order valence-electron chi connectivity index (χ1n) is 13.9. The van der Waals surface area contributed by atoms with Crippen LogP contribution in [-0.4, -0.2) is 23.2 Å². The van der Waals surface area contributed by atoms with Crippen LogP contribution in [0.25, 0.3) is 0 Å². The van der Waals surface area contributed by atoms with Crippen LogP contribution in [0.1, 0.15) is 91.5 Å². The maximum Gasteiger partial charge on any atom is 0.407 e. The smallest absolute Gasteiger partial charge is 0.407 e. The number of carbonyl (C=O) groups excluding carboxylic acids is 1. The lowest BCUT2D eigenvalue weighted by atomic mass is 9.49. The highest BCUT2D eigenvalue weighted by atomic mass is 16.5. The van der Waals surface area contributed by atoms with Crippen molar-refractivity contribution in [3.8, 4) is 0 Å². The molecule has 3 atom stereocenters. The predicted octanol–water partition coefficient (Wildman–Crippen LogP) is 7.92. The molecule has 0 bridgehead atoms. The largest absolute Gasteiger partial charge is 0.481 e. The topological polar surface area (TPSA) is 75.6 Å². The Labute approximate surface area is 223 Å². The monoisotopic (exact) mass is 509 g/mol. The zero-order valence-corrected chi connectivity index (χ0v) is 23.5. The Bertz CT molecular complexity index is 962. The van der Waals surface area contributed by atoms with Gasteiger partial charge in [-0.3, -0.25) is 4.79 Å². The molecule has 2 saturated carbocycles. The van der Waals surface area contributed by atoms with Gasteiger partial charge in [0.25, 0.3) is 0 Å². The number of carbonyl (C=O) groups is 2. The second-order valence-electron chi connectivity index (χ2n) is 13.1. The molecule has 0 aromatic heterocycles. The Hall–Kier alpha value is -2.56. The molecule has 0 aliphatic heterocycles. The molecule has 2 N–H and O–H groups in total. The van der Waals surface area contributed by atoms with Crippen molar-refractivity contribution < 1.29 is 19.4 Å². The number of ether oxygens (including phenoxy) is 1. The summed E-state index contributed by atoms with van der Waals surface area (Å²) in [6, 6.07) is 9.46. The van der Waals surface area contributed by atoms with Crippen molar-refractivity contribution in [3.05, 3.63) is 60.2 Å². The van der Waals surface area contributed by atoms with Gasteiger partial charge in [0, 0.05) is 11.5 Å². The Balaban J connectivity index is 2.03. The van der Waals surface area contributed by atoms with Crippen LogP contribution in [0.3, 0.4) is 0 Å². The van der Waals surface area contributed by atoms with Gasteiger partial charge < -0.3 is 15.2 Å². The third-order valence-corrected chi connectivity index (χ3v) is 8.57. The van der Waals surface area contributed by atoms with Crippen molar-refractivity contribution in [2.45, 2.75) is 98.6 Å². The number of carboxylic acid groups (broad SMARTS) is 1. The molecule has 2 aliphatic rings. The maximum atomic E-state index is 13.4. The van der Waals surface area contributed by atoms with Crippen LogP contribution in [0.2, 0.25) is 0 Å². The van der Waals surface area contributed by atoms with E-state index >= 15 is 0 Å².